The van der Waals surface area contributed by atoms with Gasteiger partial charge in [0.05, 0.1) is 29.7 Å². The van der Waals surface area contributed by atoms with Crippen LogP contribution in [0.15, 0.2) is 55.1 Å². The summed E-state index contributed by atoms with van der Waals surface area (Å²) in [5.41, 5.74) is 1.03. The van der Waals surface area contributed by atoms with Gasteiger partial charge in [-0.15, -0.1) is 0 Å². The molecule has 0 saturated heterocycles. The molecule has 35 heavy (non-hydrogen) atoms. The number of fused-ring (bicyclic) bond motifs is 1. The fourth-order valence-corrected chi connectivity index (χ4v) is 3.24. The maximum absolute atomic E-state index is 13.8. The Hall–Kier alpha value is -4.72. The van der Waals surface area contributed by atoms with E-state index in [0.29, 0.717) is 35.9 Å². The molecule has 2 aromatic heterocycles. The van der Waals surface area contributed by atoms with Crippen molar-refractivity contribution in [1.82, 2.24) is 25.1 Å². The number of halogens is 2. The van der Waals surface area contributed by atoms with E-state index in [1.165, 1.54) is 29.3 Å². The van der Waals surface area contributed by atoms with Crippen molar-refractivity contribution in [3.8, 4) is 18.2 Å². The number of terminal acetylenes is 1. The minimum absolute atomic E-state index is 0.195. The van der Waals surface area contributed by atoms with Crippen LogP contribution in [0.4, 0.5) is 26.0 Å². The predicted octanol–water partition coefficient (Wildman–Crippen LogP) is 3.44. The SMILES string of the molecule is C#CNCCCOc1ccc2c(Nc3cnn(CC(=O)Nc4cccc(F)c4F)c3)ncnc2c1. The molecule has 0 aliphatic carbocycles. The molecule has 0 saturated carbocycles. The van der Waals surface area contributed by atoms with Gasteiger partial charge in [0.2, 0.25) is 5.91 Å². The lowest BCUT2D eigenvalue weighted by Crippen LogP contribution is -2.19. The Balaban J connectivity index is 1.39. The zero-order valence-corrected chi connectivity index (χ0v) is 18.5. The molecule has 178 valence electrons. The van der Waals surface area contributed by atoms with Crippen LogP contribution in [0.3, 0.4) is 0 Å². The van der Waals surface area contributed by atoms with Crippen LogP contribution in [0.2, 0.25) is 0 Å². The van der Waals surface area contributed by atoms with E-state index in [4.69, 9.17) is 11.2 Å². The molecule has 0 aliphatic rings. The number of hydrogen-bond acceptors (Lipinski definition) is 7. The van der Waals surface area contributed by atoms with Gasteiger partial charge < -0.3 is 20.7 Å². The number of ether oxygens (including phenoxy) is 1. The maximum Gasteiger partial charge on any atom is 0.246 e. The Morgan fingerprint density at radius 2 is 2.09 bits per heavy atom. The number of rotatable bonds is 10. The molecular weight excluding hydrogens is 456 g/mol. The maximum atomic E-state index is 13.8. The van der Waals surface area contributed by atoms with Gasteiger partial charge in [0, 0.05) is 30.2 Å². The first kappa shape index (κ1) is 23.4. The first-order chi connectivity index (χ1) is 17.0. The van der Waals surface area contributed by atoms with Crippen molar-refractivity contribution < 1.29 is 18.3 Å². The van der Waals surface area contributed by atoms with Crippen LogP contribution in [-0.2, 0) is 11.3 Å². The molecule has 1 amide bonds. The Morgan fingerprint density at radius 3 is 2.94 bits per heavy atom. The van der Waals surface area contributed by atoms with Crippen LogP contribution >= 0.6 is 0 Å². The van der Waals surface area contributed by atoms with Crippen molar-refractivity contribution in [3.05, 3.63) is 66.8 Å². The highest BCUT2D eigenvalue weighted by atomic mass is 19.2. The average molecular weight is 477 g/mol. The second kappa shape index (κ2) is 10.9. The van der Waals surface area contributed by atoms with Crippen molar-refractivity contribution in [1.29, 1.82) is 0 Å². The number of benzene rings is 2. The van der Waals surface area contributed by atoms with Crippen LogP contribution in [-0.4, -0.2) is 38.8 Å². The first-order valence-corrected chi connectivity index (χ1v) is 10.6. The van der Waals surface area contributed by atoms with Crippen LogP contribution in [0, 0.1) is 24.1 Å². The molecule has 3 N–H and O–H groups in total. The third-order valence-corrected chi connectivity index (χ3v) is 4.85. The van der Waals surface area contributed by atoms with Crippen LogP contribution in [0.25, 0.3) is 10.9 Å². The van der Waals surface area contributed by atoms with Gasteiger partial charge in [-0.05, 0) is 30.7 Å². The molecule has 0 bridgehead atoms. The second-order valence-electron chi connectivity index (χ2n) is 7.38. The summed E-state index contributed by atoms with van der Waals surface area (Å²) in [5, 5.41) is 13.2. The third kappa shape index (κ3) is 6.00. The first-order valence-electron chi connectivity index (χ1n) is 10.6. The molecule has 4 aromatic rings. The fourth-order valence-electron chi connectivity index (χ4n) is 3.24. The van der Waals surface area contributed by atoms with E-state index >= 15 is 0 Å². The normalized spacial score (nSPS) is 10.5. The molecule has 2 heterocycles. The van der Waals surface area contributed by atoms with E-state index in [9.17, 15) is 13.6 Å². The fraction of sp³-hybridized carbons (Fsp3) is 0.167. The molecule has 2 aromatic carbocycles. The number of hydrogen-bond donors (Lipinski definition) is 3. The largest absolute Gasteiger partial charge is 0.493 e. The highest BCUT2D eigenvalue weighted by Crippen LogP contribution is 2.26. The Labute approximate surface area is 199 Å². The topological polar surface area (TPSA) is 106 Å². The minimum atomic E-state index is -1.12. The summed E-state index contributed by atoms with van der Waals surface area (Å²) < 4.78 is 34.2. The summed E-state index contributed by atoms with van der Waals surface area (Å²) in [6, 6.07) is 11.4. The lowest BCUT2D eigenvalue weighted by molar-refractivity contribution is -0.116. The number of nitrogens with one attached hydrogen (secondary N) is 3. The minimum Gasteiger partial charge on any atom is -0.493 e. The Kier molecular flexibility index (Phi) is 7.32. The van der Waals surface area contributed by atoms with Gasteiger partial charge >= 0.3 is 0 Å². The van der Waals surface area contributed by atoms with E-state index in [0.717, 1.165) is 17.9 Å². The van der Waals surface area contributed by atoms with E-state index in [1.54, 1.807) is 6.20 Å². The molecule has 0 spiro atoms. The van der Waals surface area contributed by atoms with Gasteiger partial charge in [0.15, 0.2) is 11.6 Å². The zero-order valence-electron chi connectivity index (χ0n) is 18.5. The summed E-state index contributed by atoms with van der Waals surface area (Å²) in [4.78, 5) is 20.8. The lowest BCUT2D eigenvalue weighted by Gasteiger charge is -2.09. The molecule has 0 aliphatic heterocycles. The molecule has 0 radical (unpaired) electrons. The molecule has 0 atom stereocenters. The molecule has 11 heteroatoms. The number of amides is 1. The van der Waals surface area contributed by atoms with Gasteiger partial charge in [0.1, 0.15) is 24.4 Å². The lowest BCUT2D eigenvalue weighted by atomic mass is 10.2. The average Bonchev–Trinajstić information content (AvgIpc) is 3.28. The van der Waals surface area contributed by atoms with Crippen LogP contribution < -0.4 is 20.7 Å². The standard InChI is InChI=1S/C24H21F2N7O2/c1-2-27-9-4-10-35-17-7-8-18-21(11-17)28-15-29-24(18)31-16-12-30-33(13-16)14-22(34)32-20-6-3-5-19(25)23(20)26/h1,3,5-8,11-13,15,27H,4,9-10,14H2,(H,32,34)(H,28,29,31). The summed E-state index contributed by atoms with van der Waals surface area (Å²) >= 11 is 0. The summed E-state index contributed by atoms with van der Waals surface area (Å²) in [6.07, 6.45) is 10.4. The zero-order chi connectivity index (χ0) is 24.6. The van der Waals surface area contributed by atoms with Crippen molar-refractivity contribution in [2.45, 2.75) is 13.0 Å². The number of carbonyl (C=O) groups excluding carboxylic acids is 1. The molecular formula is C24H21F2N7O2. The van der Waals surface area contributed by atoms with Crippen LogP contribution in [0.1, 0.15) is 6.42 Å². The van der Waals surface area contributed by atoms with Crippen molar-refractivity contribution in [2.75, 3.05) is 23.8 Å². The Bertz CT molecular complexity index is 1380. The van der Waals surface area contributed by atoms with E-state index < -0.39 is 17.5 Å². The predicted molar refractivity (Wildman–Crippen MR) is 127 cm³/mol. The molecule has 9 nitrogen and oxygen atoms in total. The number of aromatic nitrogens is 4. The highest BCUT2D eigenvalue weighted by molar-refractivity contribution is 5.92. The van der Waals surface area contributed by atoms with E-state index in [2.05, 4.69) is 37.1 Å². The second-order valence-corrected chi connectivity index (χ2v) is 7.38. The quantitative estimate of drug-likeness (QED) is 0.183. The summed E-state index contributed by atoms with van der Waals surface area (Å²) in [7, 11) is 0. The number of anilines is 3. The van der Waals surface area contributed by atoms with Crippen LogP contribution in [0.5, 0.6) is 5.75 Å². The van der Waals surface area contributed by atoms with Crippen molar-refractivity contribution >= 4 is 34.0 Å². The van der Waals surface area contributed by atoms with Gasteiger partial charge in [0.25, 0.3) is 0 Å². The highest BCUT2D eigenvalue weighted by Gasteiger charge is 2.12. The van der Waals surface area contributed by atoms with Crippen molar-refractivity contribution in [3.63, 3.8) is 0 Å². The Morgan fingerprint density at radius 1 is 1.20 bits per heavy atom. The smallest absolute Gasteiger partial charge is 0.246 e. The molecule has 0 fully saturated rings. The van der Waals surface area contributed by atoms with Gasteiger partial charge in [-0.2, -0.15) is 5.10 Å². The number of carbonyl (C=O) groups is 1. The number of nitrogens with zero attached hydrogens (tertiary/aromatic N) is 4. The van der Waals surface area contributed by atoms with Crippen molar-refractivity contribution in [2.24, 2.45) is 0 Å². The monoisotopic (exact) mass is 477 g/mol. The molecule has 0 unspecified atom stereocenters. The third-order valence-electron chi connectivity index (χ3n) is 4.85. The molecule has 4 rings (SSSR count). The summed E-state index contributed by atoms with van der Waals surface area (Å²) in [6.45, 7) is 0.978. The van der Waals surface area contributed by atoms with Gasteiger partial charge in [-0.1, -0.05) is 12.5 Å². The summed E-state index contributed by atoms with van der Waals surface area (Å²) in [5.74, 6) is -1.49. The van der Waals surface area contributed by atoms with Gasteiger partial charge in [-0.25, -0.2) is 18.7 Å². The van der Waals surface area contributed by atoms with E-state index in [1.807, 2.05) is 18.2 Å². The van der Waals surface area contributed by atoms with E-state index in [-0.39, 0.29) is 12.2 Å². The van der Waals surface area contributed by atoms with Gasteiger partial charge in [-0.3, -0.25) is 9.48 Å².